The van der Waals surface area contributed by atoms with Crippen molar-refractivity contribution in [3.05, 3.63) is 198 Å². The molecule has 60 heavy (non-hydrogen) atoms. The molecule has 0 saturated carbocycles. The first kappa shape index (κ1) is 48.7. The fourth-order valence-corrected chi connectivity index (χ4v) is 8.89. The van der Waals surface area contributed by atoms with Crippen LogP contribution in [0.4, 0.5) is 0 Å². The van der Waals surface area contributed by atoms with Crippen molar-refractivity contribution in [2.75, 3.05) is 0 Å². The van der Waals surface area contributed by atoms with Crippen LogP contribution in [0, 0.1) is 6.08 Å². The fraction of sp³-hybridized carbons (Fsp3) is 0.263. The van der Waals surface area contributed by atoms with Crippen LogP contribution in [0.1, 0.15) is 97.9 Å². The second-order valence-corrected chi connectivity index (χ2v) is 19.9. The van der Waals surface area contributed by atoms with Gasteiger partial charge >= 0.3 is 138 Å². The second kappa shape index (κ2) is 20.2. The van der Waals surface area contributed by atoms with E-state index in [0.29, 0.717) is 0 Å². The van der Waals surface area contributed by atoms with Gasteiger partial charge in [-0.3, -0.25) is 6.08 Å². The van der Waals surface area contributed by atoms with Gasteiger partial charge in [-0.05, 0) is 44.2 Å². The summed E-state index contributed by atoms with van der Waals surface area (Å²) in [6.07, 6.45) is 10.0. The molecule has 1 aliphatic rings. The normalized spacial score (nSPS) is 12.5. The van der Waals surface area contributed by atoms with Crippen LogP contribution in [-0.2, 0) is 45.9 Å². The second-order valence-electron chi connectivity index (χ2n) is 18.7. The van der Waals surface area contributed by atoms with Gasteiger partial charge in [0, 0.05) is 0 Å². The Hall–Kier alpha value is -4.00. The molecule has 308 valence electrons. The van der Waals surface area contributed by atoms with Gasteiger partial charge in [-0.2, -0.15) is 6.08 Å². The number of allylic oxidation sites excluding steroid dienone is 4. The maximum Gasteiger partial charge on any atom is -0.109 e. The van der Waals surface area contributed by atoms with Gasteiger partial charge in [-0.1, -0.05) is 114 Å². The zero-order valence-electron chi connectivity index (χ0n) is 37.2. The zero-order valence-corrected chi connectivity index (χ0v) is 41.3. The van der Waals surface area contributed by atoms with Crippen LogP contribution in [0.25, 0.3) is 43.8 Å². The summed E-state index contributed by atoms with van der Waals surface area (Å²) < 4.78 is 1.58. The standard InChI is InChI=1S/C33H33.C19H22.C5H5.2ClH.Zr/c1-32(2,3)30-20-26-24(18-28(30)22-13-9-7-10-14-22)17-25-19-29(23-15-11-8-12-16-23)31(21-27(25)26)33(4,5)6;1-18(2,16-11-7-5-8-12-16)15-19(3,4)17-13-9-6-10-14-17;1-2-4-5-3-1;;;/h7-21H,1-6H3;5-14H,1-4H3;1-3H,4H2;2*1H;/q-1;;-1;;;+2. The van der Waals surface area contributed by atoms with Crippen molar-refractivity contribution in [3.63, 3.8) is 0 Å². The molecular weight excluding hydrogens is 847 g/mol. The van der Waals surface area contributed by atoms with E-state index in [1.807, 2.05) is 12.2 Å². The van der Waals surface area contributed by atoms with Crippen molar-refractivity contribution in [2.45, 2.75) is 97.3 Å². The Balaban J connectivity index is 0.000000250. The van der Waals surface area contributed by atoms with Gasteiger partial charge in [-0.15, -0.1) is 71.0 Å². The third kappa shape index (κ3) is 11.1. The predicted molar refractivity (Wildman–Crippen MR) is 265 cm³/mol. The molecular formula is C57H62Cl2Zr. The number of fused-ring (bicyclic) bond motifs is 3. The summed E-state index contributed by atoms with van der Waals surface area (Å²) in [5.41, 5.74) is 11.2. The van der Waals surface area contributed by atoms with Gasteiger partial charge < -0.3 is 0 Å². The maximum atomic E-state index is 2.99. The number of hydrogen-bond acceptors (Lipinski definition) is 0. The summed E-state index contributed by atoms with van der Waals surface area (Å²) in [5, 5.41) is 5.36. The van der Waals surface area contributed by atoms with Crippen LogP contribution < -0.4 is 0 Å². The molecule has 0 aliphatic heterocycles. The molecule has 0 spiro atoms. The van der Waals surface area contributed by atoms with Crippen molar-refractivity contribution in [3.8, 4) is 22.3 Å². The summed E-state index contributed by atoms with van der Waals surface area (Å²) in [6.45, 7) is 23.3. The Bertz CT molecular complexity index is 2350. The van der Waals surface area contributed by atoms with Crippen LogP contribution in [0.3, 0.4) is 0 Å². The van der Waals surface area contributed by atoms with E-state index in [0.717, 1.165) is 6.42 Å². The van der Waals surface area contributed by atoms with Gasteiger partial charge in [0.25, 0.3) is 0 Å². The smallest absolute Gasteiger partial charge is 0.109 e. The number of hydrogen-bond donors (Lipinski definition) is 0. The maximum absolute atomic E-state index is 2.99. The zero-order chi connectivity index (χ0) is 41.7. The minimum Gasteiger partial charge on any atom is -0.273 e. The van der Waals surface area contributed by atoms with Crippen LogP contribution >= 0.6 is 24.8 Å². The Morgan fingerprint density at radius 3 is 1.13 bits per heavy atom. The first-order valence-corrected chi connectivity index (χ1v) is 22.0. The monoisotopic (exact) mass is 906 g/mol. The largest absolute Gasteiger partial charge is 0.273 e. The van der Waals surface area contributed by atoms with E-state index in [2.05, 4.69) is 233 Å². The van der Waals surface area contributed by atoms with Crippen LogP contribution in [-0.4, -0.2) is 3.21 Å². The van der Waals surface area contributed by atoms with Crippen LogP contribution in [0.15, 0.2) is 170 Å². The summed E-state index contributed by atoms with van der Waals surface area (Å²) in [5.74, 6) is 0. The molecule has 0 nitrogen and oxygen atoms in total. The van der Waals surface area contributed by atoms with E-state index < -0.39 is 0 Å². The van der Waals surface area contributed by atoms with E-state index >= 15 is 0 Å². The SMILES string of the molecule is CC(C)(C)c1cc2c(cc1-c1ccccc1)[cH-]c1cc(-c3ccccc3)c(C(C)(C)C)cc12.CC(C)([C](=[Zr+2])C(C)(C)c1ccccc1)c1ccccc1.Cl.Cl.[C-]1=CC=CC1. The molecule has 0 amide bonds. The van der Waals surface area contributed by atoms with E-state index in [9.17, 15) is 0 Å². The van der Waals surface area contributed by atoms with Crippen molar-refractivity contribution in [1.29, 1.82) is 0 Å². The first-order chi connectivity index (χ1) is 27.5. The van der Waals surface area contributed by atoms with E-state index in [4.69, 9.17) is 0 Å². The number of rotatable bonds is 6. The molecule has 7 aromatic carbocycles. The third-order valence-corrected chi connectivity index (χ3v) is 14.7. The van der Waals surface area contributed by atoms with Crippen molar-refractivity contribution in [1.82, 2.24) is 0 Å². The Kier molecular flexibility index (Phi) is 16.4. The Morgan fingerprint density at radius 1 is 0.500 bits per heavy atom. The molecule has 0 aromatic heterocycles. The summed E-state index contributed by atoms with van der Waals surface area (Å²) in [6, 6.07) is 55.4. The Labute approximate surface area is 388 Å². The van der Waals surface area contributed by atoms with Crippen molar-refractivity contribution >= 4 is 49.6 Å². The molecule has 1 aliphatic carbocycles. The molecule has 3 heteroatoms. The fourth-order valence-electron chi connectivity index (χ4n) is 8.18. The minimum absolute atomic E-state index is 0. The first-order valence-electron chi connectivity index (χ1n) is 20.7. The number of halogens is 2. The van der Waals surface area contributed by atoms with Gasteiger partial charge in [0.2, 0.25) is 0 Å². The van der Waals surface area contributed by atoms with E-state index in [1.54, 1.807) is 3.21 Å². The van der Waals surface area contributed by atoms with Crippen LogP contribution in [0.2, 0.25) is 0 Å². The molecule has 0 saturated heterocycles. The molecule has 0 fully saturated rings. The summed E-state index contributed by atoms with van der Waals surface area (Å²) >= 11 is 1.51. The third-order valence-electron chi connectivity index (χ3n) is 11.6. The van der Waals surface area contributed by atoms with Gasteiger partial charge in [0.15, 0.2) is 0 Å². The van der Waals surface area contributed by atoms with Gasteiger partial charge in [0.1, 0.15) is 0 Å². The molecule has 0 atom stereocenters. The molecule has 8 rings (SSSR count). The molecule has 0 bridgehead atoms. The summed E-state index contributed by atoms with van der Waals surface area (Å²) in [7, 11) is 0. The van der Waals surface area contributed by atoms with Crippen molar-refractivity contribution in [2.24, 2.45) is 0 Å². The molecule has 7 aromatic rings. The van der Waals surface area contributed by atoms with Gasteiger partial charge in [-0.25, -0.2) is 12.2 Å². The predicted octanol–water partition coefficient (Wildman–Crippen LogP) is 16.5. The van der Waals surface area contributed by atoms with Crippen LogP contribution in [0.5, 0.6) is 0 Å². The quantitative estimate of drug-likeness (QED) is 0.146. The van der Waals surface area contributed by atoms with E-state index in [1.165, 1.54) is 90.3 Å². The minimum atomic E-state index is 0. The molecule has 0 N–H and O–H groups in total. The molecule has 0 radical (unpaired) electrons. The topological polar surface area (TPSA) is 0 Å². The number of benzene rings is 6. The average Bonchev–Trinajstić information content (AvgIpc) is 3.93. The van der Waals surface area contributed by atoms with Gasteiger partial charge in [0.05, 0.1) is 0 Å². The molecule has 0 unspecified atom stereocenters. The van der Waals surface area contributed by atoms with Crippen molar-refractivity contribution < 1.29 is 24.2 Å². The Morgan fingerprint density at radius 2 is 0.850 bits per heavy atom. The average molecular weight is 909 g/mol. The van der Waals surface area contributed by atoms with E-state index in [-0.39, 0.29) is 46.5 Å². The molecule has 0 heterocycles. The summed E-state index contributed by atoms with van der Waals surface area (Å²) in [4.78, 5) is 0.